The molecule has 7 heteroatoms. The monoisotopic (exact) mass is 278 g/mol. The van der Waals surface area contributed by atoms with Crippen LogP contribution < -0.4 is 15.8 Å². The fourth-order valence-electron chi connectivity index (χ4n) is 2.27. The number of amides is 3. The van der Waals surface area contributed by atoms with E-state index < -0.39 is 6.03 Å². The first kappa shape index (κ1) is 14.1. The second-order valence-electron chi connectivity index (χ2n) is 4.67. The average Bonchev–Trinajstić information content (AvgIpc) is 2.48. The van der Waals surface area contributed by atoms with Crippen LogP contribution in [0.25, 0.3) is 0 Å². The smallest absolute Gasteiger partial charge is 0.314 e. The second-order valence-corrected chi connectivity index (χ2v) is 4.67. The number of hydrogen-bond acceptors (Lipinski definition) is 4. The first-order valence-electron chi connectivity index (χ1n) is 6.46. The summed E-state index contributed by atoms with van der Waals surface area (Å²) in [4.78, 5) is 28.9. The normalized spacial score (nSPS) is 18.4. The van der Waals surface area contributed by atoms with Crippen LogP contribution in [0.5, 0.6) is 5.88 Å². The number of ether oxygens (including phenoxy) is 1. The molecule has 3 N–H and O–H groups in total. The molecule has 0 saturated carbocycles. The van der Waals surface area contributed by atoms with Crippen LogP contribution in [-0.4, -0.2) is 42.0 Å². The Balaban J connectivity index is 2.02. The number of carbonyl (C=O) groups excluding carboxylic acids is 2. The number of nitrogens with two attached hydrogens (primary N) is 1. The van der Waals surface area contributed by atoms with Crippen molar-refractivity contribution in [3.8, 4) is 5.88 Å². The van der Waals surface area contributed by atoms with Crippen molar-refractivity contribution in [3.63, 3.8) is 0 Å². The Bertz CT molecular complexity index is 506. The molecule has 1 aliphatic rings. The highest BCUT2D eigenvalue weighted by molar-refractivity contribution is 5.94. The van der Waals surface area contributed by atoms with Crippen LogP contribution in [0.15, 0.2) is 18.3 Å². The van der Waals surface area contributed by atoms with Gasteiger partial charge < -0.3 is 20.7 Å². The fourth-order valence-corrected chi connectivity index (χ4v) is 2.27. The maximum atomic E-state index is 12.2. The molecule has 1 unspecified atom stereocenters. The highest BCUT2D eigenvalue weighted by Gasteiger charge is 2.27. The van der Waals surface area contributed by atoms with Gasteiger partial charge in [0.1, 0.15) is 5.69 Å². The van der Waals surface area contributed by atoms with E-state index in [-0.39, 0.29) is 11.8 Å². The Morgan fingerprint density at radius 3 is 3.05 bits per heavy atom. The summed E-state index contributed by atoms with van der Waals surface area (Å²) in [5, 5.41) is 2.79. The Labute approximate surface area is 117 Å². The molecule has 1 fully saturated rings. The van der Waals surface area contributed by atoms with Crippen LogP contribution in [0.2, 0.25) is 0 Å². The lowest BCUT2D eigenvalue weighted by molar-refractivity contribution is -0.121. The average molecular weight is 278 g/mol. The van der Waals surface area contributed by atoms with Gasteiger partial charge in [-0.25, -0.2) is 9.78 Å². The quantitative estimate of drug-likeness (QED) is 0.855. The minimum absolute atomic E-state index is 0.151. The predicted molar refractivity (Wildman–Crippen MR) is 73.3 cm³/mol. The lowest BCUT2D eigenvalue weighted by Crippen LogP contribution is -2.46. The van der Waals surface area contributed by atoms with E-state index in [9.17, 15) is 9.59 Å². The van der Waals surface area contributed by atoms with E-state index in [2.05, 4.69) is 10.3 Å². The van der Waals surface area contributed by atoms with Crippen LogP contribution in [-0.2, 0) is 4.79 Å². The Morgan fingerprint density at radius 1 is 1.55 bits per heavy atom. The van der Waals surface area contributed by atoms with E-state index in [1.165, 1.54) is 12.0 Å². The summed E-state index contributed by atoms with van der Waals surface area (Å²) in [6, 6.07) is 2.95. The Hall–Kier alpha value is -2.31. The molecule has 0 bridgehead atoms. The largest absolute Gasteiger partial charge is 0.480 e. The van der Waals surface area contributed by atoms with E-state index in [4.69, 9.17) is 10.5 Å². The van der Waals surface area contributed by atoms with Crippen molar-refractivity contribution in [1.29, 1.82) is 0 Å². The third-order valence-corrected chi connectivity index (χ3v) is 3.33. The van der Waals surface area contributed by atoms with Crippen molar-refractivity contribution in [2.45, 2.75) is 12.8 Å². The summed E-state index contributed by atoms with van der Waals surface area (Å²) in [6.07, 6.45) is 3.09. The number of piperidine rings is 1. The fraction of sp³-hybridized carbons (Fsp3) is 0.462. The van der Waals surface area contributed by atoms with Gasteiger partial charge in [-0.2, -0.15) is 0 Å². The summed E-state index contributed by atoms with van der Waals surface area (Å²) in [5.41, 5.74) is 5.78. The number of hydrogen-bond donors (Lipinski definition) is 2. The zero-order chi connectivity index (χ0) is 14.5. The number of primary amides is 1. The van der Waals surface area contributed by atoms with Gasteiger partial charge >= 0.3 is 6.03 Å². The van der Waals surface area contributed by atoms with Crippen molar-refractivity contribution in [2.75, 3.05) is 25.5 Å². The second kappa shape index (κ2) is 6.23. The molecule has 3 amide bonds. The first-order chi connectivity index (χ1) is 9.61. The number of urea groups is 1. The molecule has 1 atom stereocenters. The van der Waals surface area contributed by atoms with Crippen molar-refractivity contribution < 1.29 is 14.3 Å². The van der Waals surface area contributed by atoms with Crippen molar-refractivity contribution in [2.24, 2.45) is 11.7 Å². The molecule has 7 nitrogen and oxygen atoms in total. The van der Waals surface area contributed by atoms with Gasteiger partial charge in [0.25, 0.3) is 0 Å². The molecule has 1 aromatic rings. The first-order valence-corrected chi connectivity index (χ1v) is 6.46. The van der Waals surface area contributed by atoms with Gasteiger partial charge in [0, 0.05) is 19.3 Å². The van der Waals surface area contributed by atoms with Gasteiger partial charge in [-0.1, -0.05) is 0 Å². The molecule has 1 saturated heterocycles. The van der Waals surface area contributed by atoms with E-state index in [1.54, 1.807) is 18.3 Å². The molecular formula is C13H18N4O3. The van der Waals surface area contributed by atoms with Crippen LogP contribution in [0.1, 0.15) is 12.8 Å². The topological polar surface area (TPSA) is 97.6 Å². The number of carbonyl (C=O) groups is 2. The number of nitrogens with one attached hydrogen (secondary N) is 1. The molecular weight excluding hydrogens is 260 g/mol. The number of rotatable bonds is 3. The maximum Gasteiger partial charge on any atom is 0.314 e. The van der Waals surface area contributed by atoms with E-state index in [1.807, 2.05) is 0 Å². The van der Waals surface area contributed by atoms with Gasteiger partial charge in [0.05, 0.1) is 13.0 Å². The molecule has 2 heterocycles. The molecule has 1 aliphatic heterocycles. The SMILES string of the molecule is COc1ncccc1NC(=O)C1CCCN(C(N)=O)C1. The van der Waals surface area contributed by atoms with Crippen LogP contribution in [0.4, 0.5) is 10.5 Å². The lowest BCUT2D eigenvalue weighted by atomic mass is 9.97. The Kier molecular flexibility index (Phi) is 4.39. The Morgan fingerprint density at radius 2 is 2.35 bits per heavy atom. The third kappa shape index (κ3) is 3.17. The standard InChI is InChI=1S/C13H18N4O3/c1-20-12-10(5-2-6-15-12)16-11(18)9-4-3-7-17(8-9)13(14)19/h2,5-6,9H,3-4,7-8H2,1H3,(H2,14,19)(H,16,18). The summed E-state index contributed by atoms with van der Waals surface area (Å²) >= 11 is 0. The lowest BCUT2D eigenvalue weighted by Gasteiger charge is -2.30. The summed E-state index contributed by atoms with van der Waals surface area (Å²) in [7, 11) is 1.49. The number of pyridine rings is 1. The summed E-state index contributed by atoms with van der Waals surface area (Å²) in [5.74, 6) is -0.0492. The van der Waals surface area contributed by atoms with Gasteiger partial charge in [0.15, 0.2) is 0 Å². The highest BCUT2D eigenvalue weighted by atomic mass is 16.5. The van der Waals surface area contributed by atoms with E-state index in [0.717, 1.165) is 12.8 Å². The maximum absolute atomic E-state index is 12.2. The van der Waals surface area contributed by atoms with Gasteiger partial charge in [-0.05, 0) is 25.0 Å². The van der Waals surface area contributed by atoms with E-state index >= 15 is 0 Å². The van der Waals surface area contributed by atoms with Crippen LogP contribution >= 0.6 is 0 Å². The number of anilines is 1. The summed E-state index contributed by atoms with van der Waals surface area (Å²) < 4.78 is 5.08. The molecule has 2 rings (SSSR count). The summed E-state index contributed by atoms with van der Waals surface area (Å²) in [6.45, 7) is 0.957. The zero-order valence-corrected chi connectivity index (χ0v) is 11.3. The van der Waals surface area contributed by atoms with Gasteiger partial charge in [-0.15, -0.1) is 0 Å². The molecule has 0 aliphatic carbocycles. The number of aromatic nitrogens is 1. The minimum Gasteiger partial charge on any atom is -0.480 e. The zero-order valence-electron chi connectivity index (χ0n) is 11.3. The van der Waals surface area contributed by atoms with Crippen LogP contribution in [0, 0.1) is 5.92 Å². The predicted octanol–water partition coefficient (Wildman–Crippen LogP) is 0.819. The molecule has 0 spiro atoms. The molecule has 108 valence electrons. The van der Waals surface area contributed by atoms with Gasteiger partial charge in [0.2, 0.25) is 11.8 Å². The van der Waals surface area contributed by atoms with Crippen molar-refractivity contribution in [1.82, 2.24) is 9.88 Å². The van der Waals surface area contributed by atoms with Gasteiger partial charge in [-0.3, -0.25) is 4.79 Å². The number of nitrogens with zero attached hydrogens (tertiary/aromatic N) is 2. The third-order valence-electron chi connectivity index (χ3n) is 3.33. The number of likely N-dealkylation sites (tertiary alicyclic amines) is 1. The number of methoxy groups -OCH3 is 1. The molecule has 1 aromatic heterocycles. The van der Waals surface area contributed by atoms with Crippen LogP contribution in [0.3, 0.4) is 0 Å². The minimum atomic E-state index is -0.485. The molecule has 0 radical (unpaired) electrons. The highest BCUT2D eigenvalue weighted by Crippen LogP contribution is 2.23. The van der Waals surface area contributed by atoms with E-state index in [0.29, 0.717) is 24.7 Å². The molecule has 20 heavy (non-hydrogen) atoms. The van der Waals surface area contributed by atoms with Crippen molar-refractivity contribution >= 4 is 17.6 Å². The molecule has 0 aromatic carbocycles. The van der Waals surface area contributed by atoms with Crippen molar-refractivity contribution in [3.05, 3.63) is 18.3 Å².